The molecule has 0 amide bonds. The molecule has 2 aromatic rings. The van der Waals surface area contributed by atoms with Gasteiger partial charge < -0.3 is 5.73 Å². The molecular formula is C13H17BrN4. The molecule has 1 aromatic carbocycles. The summed E-state index contributed by atoms with van der Waals surface area (Å²) in [7, 11) is 0. The van der Waals surface area contributed by atoms with Crippen molar-refractivity contribution in [3.05, 3.63) is 46.5 Å². The van der Waals surface area contributed by atoms with Crippen LogP contribution in [0.2, 0.25) is 0 Å². The Hall–Kier alpha value is -1.20. The van der Waals surface area contributed by atoms with Crippen LogP contribution in [-0.2, 0) is 6.42 Å². The molecule has 0 bridgehead atoms. The Bertz CT molecular complexity index is 521. The SMILES string of the molecule is CC(C)n1ncnc1C(N)Cc1cccc(Br)c1. The summed E-state index contributed by atoms with van der Waals surface area (Å²) in [5, 5.41) is 4.21. The van der Waals surface area contributed by atoms with Gasteiger partial charge in [-0.05, 0) is 38.0 Å². The van der Waals surface area contributed by atoms with Gasteiger partial charge in [0.2, 0.25) is 0 Å². The molecule has 0 aliphatic carbocycles. The van der Waals surface area contributed by atoms with Gasteiger partial charge in [-0.3, -0.25) is 0 Å². The van der Waals surface area contributed by atoms with Gasteiger partial charge in [-0.1, -0.05) is 28.1 Å². The highest BCUT2D eigenvalue weighted by atomic mass is 79.9. The molecule has 1 aromatic heterocycles. The number of benzene rings is 1. The van der Waals surface area contributed by atoms with Crippen LogP contribution < -0.4 is 5.73 Å². The first-order valence-electron chi connectivity index (χ1n) is 5.97. The Kier molecular flexibility index (Phi) is 4.14. The Labute approximate surface area is 115 Å². The molecule has 18 heavy (non-hydrogen) atoms. The van der Waals surface area contributed by atoms with E-state index in [1.165, 1.54) is 5.56 Å². The molecule has 1 unspecified atom stereocenters. The van der Waals surface area contributed by atoms with Gasteiger partial charge in [-0.25, -0.2) is 9.67 Å². The van der Waals surface area contributed by atoms with E-state index < -0.39 is 0 Å². The van der Waals surface area contributed by atoms with Gasteiger partial charge in [0, 0.05) is 10.5 Å². The number of hydrogen-bond acceptors (Lipinski definition) is 3. The van der Waals surface area contributed by atoms with Crippen molar-refractivity contribution in [2.24, 2.45) is 5.73 Å². The van der Waals surface area contributed by atoms with Crippen molar-refractivity contribution in [1.29, 1.82) is 0 Å². The molecule has 0 radical (unpaired) electrons. The summed E-state index contributed by atoms with van der Waals surface area (Å²) >= 11 is 3.46. The lowest BCUT2D eigenvalue weighted by Gasteiger charge is -2.15. The molecule has 0 saturated heterocycles. The zero-order valence-electron chi connectivity index (χ0n) is 10.5. The highest BCUT2D eigenvalue weighted by molar-refractivity contribution is 9.10. The van der Waals surface area contributed by atoms with Crippen LogP contribution in [-0.4, -0.2) is 14.8 Å². The van der Waals surface area contributed by atoms with Crippen LogP contribution in [0.25, 0.3) is 0 Å². The van der Waals surface area contributed by atoms with Crippen molar-refractivity contribution in [3.8, 4) is 0 Å². The maximum atomic E-state index is 6.22. The van der Waals surface area contributed by atoms with Crippen molar-refractivity contribution in [1.82, 2.24) is 14.8 Å². The van der Waals surface area contributed by atoms with Gasteiger partial charge >= 0.3 is 0 Å². The van der Waals surface area contributed by atoms with E-state index in [4.69, 9.17) is 5.73 Å². The number of hydrogen-bond donors (Lipinski definition) is 1. The maximum Gasteiger partial charge on any atom is 0.144 e. The first-order chi connectivity index (χ1) is 8.58. The van der Waals surface area contributed by atoms with Crippen molar-refractivity contribution >= 4 is 15.9 Å². The largest absolute Gasteiger partial charge is 0.321 e. The molecule has 0 aliphatic heterocycles. The fraction of sp³-hybridized carbons (Fsp3) is 0.385. The second-order valence-corrected chi connectivity index (χ2v) is 5.51. The van der Waals surface area contributed by atoms with E-state index in [-0.39, 0.29) is 12.1 Å². The van der Waals surface area contributed by atoms with Gasteiger partial charge in [0.25, 0.3) is 0 Å². The van der Waals surface area contributed by atoms with Crippen LogP contribution in [0.1, 0.15) is 37.3 Å². The van der Waals surface area contributed by atoms with E-state index >= 15 is 0 Å². The quantitative estimate of drug-likeness (QED) is 0.945. The molecule has 4 nitrogen and oxygen atoms in total. The van der Waals surface area contributed by atoms with Crippen molar-refractivity contribution in [2.75, 3.05) is 0 Å². The normalized spacial score (nSPS) is 12.9. The van der Waals surface area contributed by atoms with Gasteiger partial charge in [-0.2, -0.15) is 5.10 Å². The van der Waals surface area contributed by atoms with Crippen LogP contribution in [0.5, 0.6) is 0 Å². The fourth-order valence-corrected chi connectivity index (χ4v) is 2.38. The van der Waals surface area contributed by atoms with Crippen LogP contribution in [0.3, 0.4) is 0 Å². The van der Waals surface area contributed by atoms with E-state index in [2.05, 4.69) is 52.0 Å². The maximum absolute atomic E-state index is 6.22. The van der Waals surface area contributed by atoms with E-state index in [1.807, 2.05) is 16.8 Å². The van der Waals surface area contributed by atoms with E-state index in [0.29, 0.717) is 0 Å². The molecule has 1 heterocycles. The summed E-state index contributed by atoms with van der Waals surface area (Å²) in [6, 6.07) is 8.31. The van der Waals surface area contributed by atoms with Crippen LogP contribution >= 0.6 is 15.9 Å². The molecule has 0 aliphatic rings. The molecule has 0 fully saturated rings. The van der Waals surface area contributed by atoms with Gasteiger partial charge in [0.15, 0.2) is 0 Å². The lowest BCUT2D eigenvalue weighted by Crippen LogP contribution is -2.20. The lowest BCUT2D eigenvalue weighted by molar-refractivity contribution is 0.478. The summed E-state index contributed by atoms with van der Waals surface area (Å²) < 4.78 is 2.94. The summed E-state index contributed by atoms with van der Waals surface area (Å²) in [6.07, 6.45) is 2.32. The smallest absolute Gasteiger partial charge is 0.144 e. The predicted molar refractivity (Wildman–Crippen MR) is 75.2 cm³/mol. The van der Waals surface area contributed by atoms with Crippen molar-refractivity contribution in [2.45, 2.75) is 32.4 Å². The Morgan fingerprint density at radius 2 is 2.17 bits per heavy atom. The van der Waals surface area contributed by atoms with Crippen LogP contribution in [0, 0.1) is 0 Å². The summed E-state index contributed by atoms with van der Waals surface area (Å²) in [5.41, 5.74) is 7.41. The summed E-state index contributed by atoms with van der Waals surface area (Å²) in [5.74, 6) is 0.838. The minimum Gasteiger partial charge on any atom is -0.321 e. The zero-order chi connectivity index (χ0) is 13.1. The van der Waals surface area contributed by atoms with Crippen molar-refractivity contribution < 1.29 is 0 Å². The van der Waals surface area contributed by atoms with Crippen LogP contribution in [0.15, 0.2) is 35.1 Å². The minimum atomic E-state index is -0.135. The van der Waals surface area contributed by atoms with E-state index in [1.54, 1.807) is 6.33 Å². The average Bonchev–Trinajstić information content (AvgIpc) is 2.77. The molecule has 0 spiro atoms. The molecule has 2 N–H and O–H groups in total. The van der Waals surface area contributed by atoms with E-state index in [0.717, 1.165) is 16.7 Å². The molecule has 1 atom stereocenters. The van der Waals surface area contributed by atoms with Crippen molar-refractivity contribution in [3.63, 3.8) is 0 Å². The third kappa shape index (κ3) is 2.97. The summed E-state index contributed by atoms with van der Waals surface area (Å²) in [6.45, 7) is 4.15. The monoisotopic (exact) mass is 308 g/mol. The Morgan fingerprint density at radius 3 is 2.83 bits per heavy atom. The molecule has 5 heteroatoms. The lowest BCUT2D eigenvalue weighted by atomic mass is 10.1. The minimum absolute atomic E-state index is 0.135. The first kappa shape index (κ1) is 13.2. The Balaban J connectivity index is 2.17. The zero-order valence-corrected chi connectivity index (χ0v) is 12.1. The van der Waals surface area contributed by atoms with Crippen LogP contribution in [0.4, 0.5) is 0 Å². The molecule has 2 rings (SSSR count). The number of nitrogens with zero attached hydrogens (tertiary/aromatic N) is 3. The highest BCUT2D eigenvalue weighted by Gasteiger charge is 2.15. The third-order valence-corrected chi connectivity index (χ3v) is 3.26. The van der Waals surface area contributed by atoms with E-state index in [9.17, 15) is 0 Å². The topological polar surface area (TPSA) is 56.7 Å². The fourth-order valence-electron chi connectivity index (χ4n) is 1.93. The van der Waals surface area contributed by atoms with Gasteiger partial charge in [0.1, 0.15) is 12.2 Å². The number of rotatable bonds is 4. The molecule has 0 saturated carbocycles. The Morgan fingerprint density at radius 1 is 1.39 bits per heavy atom. The average molecular weight is 309 g/mol. The second kappa shape index (κ2) is 5.63. The number of nitrogens with two attached hydrogens (primary N) is 1. The predicted octanol–water partition coefficient (Wildman–Crippen LogP) is 2.86. The third-order valence-electron chi connectivity index (χ3n) is 2.77. The second-order valence-electron chi connectivity index (χ2n) is 4.60. The number of halogens is 1. The summed E-state index contributed by atoms with van der Waals surface area (Å²) in [4.78, 5) is 4.27. The highest BCUT2D eigenvalue weighted by Crippen LogP contribution is 2.19. The van der Waals surface area contributed by atoms with Gasteiger partial charge in [0.05, 0.1) is 6.04 Å². The van der Waals surface area contributed by atoms with Gasteiger partial charge in [-0.15, -0.1) is 0 Å². The standard InChI is InChI=1S/C13H17BrN4/c1-9(2)18-13(16-8-17-18)12(15)7-10-4-3-5-11(14)6-10/h3-6,8-9,12H,7,15H2,1-2H3. The number of aromatic nitrogens is 3. The first-order valence-corrected chi connectivity index (χ1v) is 6.76. The molecule has 96 valence electrons. The molecular weight excluding hydrogens is 292 g/mol.